The molecule has 3 heterocycles. The Hall–Kier alpha value is -2.32. The predicted molar refractivity (Wildman–Crippen MR) is 112 cm³/mol. The maximum absolute atomic E-state index is 13.1. The van der Waals surface area contributed by atoms with Gasteiger partial charge in [0.2, 0.25) is 5.76 Å². The van der Waals surface area contributed by atoms with Crippen molar-refractivity contribution in [1.82, 2.24) is 4.98 Å². The van der Waals surface area contributed by atoms with E-state index < -0.39 is 12.1 Å². The molecule has 2 aromatic heterocycles. The smallest absolute Gasteiger partial charge is 0.414 e. The number of esters is 1. The van der Waals surface area contributed by atoms with Crippen LogP contribution in [-0.2, 0) is 14.2 Å². The lowest BCUT2D eigenvalue weighted by Crippen LogP contribution is -2.46. The summed E-state index contributed by atoms with van der Waals surface area (Å²) in [6, 6.07) is 1.36. The van der Waals surface area contributed by atoms with Crippen LogP contribution in [0.4, 0.5) is 10.5 Å². The van der Waals surface area contributed by atoms with Crippen molar-refractivity contribution in [2.24, 2.45) is 0 Å². The highest BCUT2D eigenvalue weighted by molar-refractivity contribution is 6.30. The van der Waals surface area contributed by atoms with E-state index in [1.54, 1.807) is 26.8 Å². The van der Waals surface area contributed by atoms with Crippen LogP contribution in [0.5, 0.6) is 0 Å². The predicted octanol–water partition coefficient (Wildman–Crippen LogP) is 4.89. The number of pyridine rings is 1. The second-order valence-electron chi connectivity index (χ2n) is 7.06. The number of carbonyl (C=O) groups is 2. The van der Waals surface area contributed by atoms with Gasteiger partial charge in [-0.1, -0.05) is 18.5 Å². The number of amides is 1. The third kappa shape index (κ3) is 4.39. The summed E-state index contributed by atoms with van der Waals surface area (Å²) in [6.07, 6.45) is 1.48. The third-order valence-electron chi connectivity index (χ3n) is 5.11. The molecular weight excluding hydrogens is 412 g/mol. The molecule has 0 bridgehead atoms. The third-order valence-corrected chi connectivity index (χ3v) is 5.31. The van der Waals surface area contributed by atoms with Gasteiger partial charge in [-0.3, -0.25) is 4.90 Å². The molecule has 1 fully saturated rings. The number of furan rings is 1. The molecule has 1 saturated heterocycles. The van der Waals surface area contributed by atoms with Gasteiger partial charge in [-0.25, -0.2) is 14.6 Å². The van der Waals surface area contributed by atoms with Crippen LogP contribution in [-0.4, -0.2) is 49.0 Å². The number of carbonyl (C=O) groups excluding carboxylic acids is 2. The van der Waals surface area contributed by atoms with Crippen LogP contribution in [0.1, 0.15) is 56.3 Å². The number of rotatable bonds is 6. The lowest BCUT2D eigenvalue weighted by Gasteiger charge is -2.36. The van der Waals surface area contributed by atoms with Gasteiger partial charge in [0.15, 0.2) is 5.58 Å². The minimum atomic E-state index is -0.660. The van der Waals surface area contributed by atoms with Gasteiger partial charge in [0, 0.05) is 12.6 Å². The number of hydrogen-bond acceptors (Lipinski definition) is 7. The second kappa shape index (κ2) is 9.66. The van der Waals surface area contributed by atoms with Gasteiger partial charge < -0.3 is 18.6 Å². The van der Waals surface area contributed by atoms with Crippen LogP contribution in [0.2, 0.25) is 5.15 Å². The number of fused-ring (bicyclic) bond motifs is 1. The Morgan fingerprint density at radius 1 is 1.27 bits per heavy atom. The fourth-order valence-corrected chi connectivity index (χ4v) is 4.01. The van der Waals surface area contributed by atoms with E-state index in [0.29, 0.717) is 41.8 Å². The minimum Gasteiger partial charge on any atom is -0.460 e. The summed E-state index contributed by atoms with van der Waals surface area (Å²) >= 11 is 6.20. The van der Waals surface area contributed by atoms with E-state index in [9.17, 15) is 9.59 Å². The molecule has 0 unspecified atom stereocenters. The monoisotopic (exact) mass is 438 g/mol. The lowest BCUT2D eigenvalue weighted by molar-refractivity contribution is 0.00465. The fourth-order valence-electron chi connectivity index (χ4n) is 3.77. The Bertz CT molecular complexity index is 928. The first kappa shape index (κ1) is 22.4. The zero-order valence-electron chi connectivity index (χ0n) is 17.7. The molecule has 1 aliphatic rings. The molecule has 8 nitrogen and oxygen atoms in total. The van der Waals surface area contributed by atoms with Gasteiger partial charge in [0.25, 0.3) is 0 Å². The van der Waals surface area contributed by atoms with Gasteiger partial charge in [0.05, 0.1) is 30.4 Å². The Kier molecular flexibility index (Phi) is 7.20. The average Bonchev–Trinajstić information content (AvgIpc) is 3.08. The van der Waals surface area contributed by atoms with Gasteiger partial charge in [-0.05, 0) is 46.1 Å². The first-order chi connectivity index (χ1) is 14.4. The van der Waals surface area contributed by atoms with E-state index in [4.69, 9.17) is 30.2 Å². The molecule has 0 spiro atoms. The minimum absolute atomic E-state index is 0.0110. The van der Waals surface area contributed by atoms with Crippen molar-refractivity contribution in [2.45, 2.75) is 59.1 Å². The van der Waals surface area contributed by atoms with Crippen molar-refractivity contribution in [3.8, 4) is 0 Å². The van der Waals surface area contributed by atoms with Crippen molar-refractivity contribution < 1.29 is 28.2 Å². The Morgan fingerprint density at radius 2 is 2.00 bits per heavy atom. The number of hydrogen-bond donors (Lipinski definition) is 0. The zero-order valence-corrected chi connectivity index (χ0v) is 18.5. The quantitative estimate of drug-likeness (QED) is 0.468. The molecule has 0 N–H and O–H groups in total. The van der Waals surface area contributed by atoms with Crippen molar-refractivity contribution in [1.29, 1.82) is 0 Å². The van der Waals surface area contributed by atoms with Crippen LogP contribution < -0.4 is 4.90 Å². The topological polar surface area (TPSA) is 91.1 Å². The maximum atomic E-state index is 13.1. The van der Waals surface area contributed by atoms with E-state index in [2.05, 4.69) is 4.98 Å². The summed E-state index contributed by atoms with van der Waals surface area (Å²) < 4.78 is 22.2. The summed E-state index contributed by atoms with van der Waals surface area (Å²) in [7, 11) is 0. The van der Waals surface area contributed by atoms with Crippen LogP contribution in [0.15, 0.2) is 10.5 Å². The first-order valence-corrected chi connectivity index (χ1v) is 10.6. The number of anilines is 1. The van der Waals surface area contributed by atoms with Gasteiger partial charge in [-0.15, -0.1) is 0 Å². The highest BCUT2D eigenvalue weighted by atomic mass is 35.5. The molecule has 1 amide bonds. The molecule has 0 radical (unpaired) electrons. The molecule has 164 valence electrons. The molecular formula is C21H27ClN2O6. The van der Waals surface area contributed by atoms with E-state index in [0.717, 1.165) is 6.42 Å². The standard InChI is InChI=1S/C21H27ClN2O6/c1-5-14-10-13(8-9-29-14)24(21(26)28-7-3)17-15-11-16(22)23-12(4)18(15)30-19(17)20(25)27-6-2/h11,13-14H,5-10H2,1-4H3/t13-,14-/m0/s1. The SMILES string of the molecule is CCOC(=O)c1oc2c(C)nc(Cl)cc2c1N(C(=O)OCC)[C@H]1CCO[C@@H](CC)C1. The second-order valence-corrected chi connectivity index (χ2v) is 7.44. The van der Waals surface area contributed by atoms with Gasteiger partial charge >= 0.3 is 12.1 Å². The highest BCUT2D eigenvalue weighted by Crippen LogP contribution is 2.40. The molecule has 1 aliphatic heterocycles. The number of aryl methyl sites for hydroxylation is 1. The summed E-state index contributed by atoms with van der Waals surface area (Å²) in [6.45, 7) is 8.08. The van der Waals surface area contributed by atoms with Crippen LogP contribution in [0.25, 0.3) is 11.0 Å². The molecule has 0 aliphatic carbocycles. The van der Waals surface area contributed by atoms with Crippen LogP contribution in [0, 0.1) is 6.92 Å². The Balaban J connectivity index is 2.22. The summed E-state index contributed by atoms with van der Waals surface area (Å²) in [5.41, 5.74) is 1.19. The molecule has 30 heavy (non-hydrogen) atoms. The van der Waals surface area contributed by atoms with Crippen molar-refractivity contribution in [3.05, 3.63) is 22.7 Å². The molecule has 9 heteroatoms. The van der Waals surface area contributed by atoms with E-state index >= 15 is 0 Å². The zero-order chi connectivity index (χ0) is 21.8. The van der Waals surface area contributed by atoms with Crippen molar-refractivity contribution in [2.75, 3.05) is 24.7 Å². The van der Waals surface area contributed by atoms with Crippen LogP contribution in [0.3, 0.4) is 0 Å². The van der Waals surface area contributed by atoms with Gasteiger partial charge in [0.1, 0.15) is 10.8 Å². The number of halogens is 1. The largest absolute Gasteiger partial charge is 0.460 e. The van der Waals surface area contributed by atoms with Gasteiger partial charge in [-0.2, -0.15) is 0 Å². The van der Waals surface area contributed by atoms with E-state index in [1.165, 1.54) is 4.90 Å². The molecule has 0 aromatic carbocycles. The number of ether oxygens (including phenoxy) is 3. The first-order valence-electron chi connectivity index (χ1n) is 10.2. The van der Waals surface area contributed by atoms with E-state index in [-0.39, 0.29) is 36.3 Å². The lowest BCUT2D eigenvalue weighted by atomic mass is 9.99. The average molecular weight is 439 g/mol. The Labute approximate surface area is 180 Å². The van der Waals surface area contributed by atoms with Crippen molar-refractivity contribution in [3.63, 3.8) is 0 Å². The van der Waals surface area contributed by atoms with E-state index in [1.807, 2.05) is 6.92 Å². The molecule has 3 rings (SSSR count). The summed E-state index contributed by atoms with van der Waals surface area (Å²) in [5, 5.41) is 0.753. The number of nitrogens with zero attached hydrogens (tertiary/aromatic N) is 2. The molecule has 2 aromatic rings. The van der Waals surface area contributed by atoms with Crippen molar-refractivity contribution >= 4 is 40.3 Å². The molecule has 0 saturated carbocycles. The normalized spacial score (nSPS) is 19.0. The number of aromatic nitrogens is 1. The van der Waals surface area contributed by atoms with Crippen LogP contribution >= 0.6 is 11.6 Å². The fraction of sp³-hybridized carbons (Fsp3) is 0.571. The highest BCUT2D eigenvalue weighted by Gasteiger charge is 2.38. The summed E-state index contributed by atoms with van der Waals surface area (Å²) in [5.74, 6) is -0.723. The maximum Gasteiger partial charge on any atom is 0.414 e. The summed E-state index contributed by atoms with van der Waals surface area (Å²) in [4.78, 5) is 31.6. The Morgan fingerprint density at radius 3 is 2.67 bits per heavy atom. The molecule has 2 atom stereocenters.